The van der Waals surface area contributed by atoms with Crippen molar-refractivity contribution < 1.29 is 19.1 Å². The van der Waals surface area contributed by atoms with E-state index in [1.807, 2.05) is 30.3 Å². The van der Waals surface area contributed by atoms with Gasteiger partial charge in [0, 0.05) is 25.0 Å². The summed E-state index contributed by atoms with van der Waals surface area (Å²) < 4.78 is 7.00. The van der Waals surface area contributed by atoms with E-state index in [0.29, 0.717) is 42.3 Å². The van der Waals surface area contributed by atoms with Crippen LogP contribution in [-0.2, 0) is 24.5 Å². The fraction of sp³-hybridized carbons (Fsp3) is 0.292. The van der Waals surface area contributed by atoms with Gasteiger partial charge in [0.2, 0.25) is 5.91 Å². The molecule has 0 radical (unpaired) electrons. The molecule has 34 heavy (non-hydrogen) atoms. The molecule has 176 valence electrons. The summed E-state index contributed by atoms with van der Waals surface area (Å²) in [5, 5.41) is 7.24. The fourth-order valence-corrected chi connectivity index (χ4v) is 4.34. The second-order valence-corrected chi connectivity index (χ2v) is 8.52. The lowest BCUT2D eigenvalue weighted by Crippen LogP contribution is -2.49. The zero-order valence-corrected chi connectivity index (χ0v) is 19.4. The number of ether oxygens (including phenoxy) is 1. The zero-order valence-electron chi connectivity index (χ0n) is 18.6. The van der Waals surface area contributed by atoms with Gasteiger partial charge in [-0.25, -0.2) is 9.67 Å². The molecule has 0 unspecified atom stereocenters. The van der Waals surface area contributed by atoms with Crippen LogP contribution in [0.3, 0.4) is 0 Å². The topological polar surface area (TPSA) is 106 Å². The molecule has 10 heteroatoms. The van der Waals surface area contributed by atoms with E-state index >= 15 is 0 Å². The number of benzene rings is 2. The molecule has 0 bridgehead atoms. The lowest BCUT2D eigenvalue weighted by atomic mass is 9.72. The summed E-state index contributed by atoms with van der Waals surface area (Å²) in [6, 6.07) is 14.3. The van der Waals surface area contributed by atoms with E-state index in [1.54, 1.807) is 23.1 Å². The maximum atomic E-state index is 13.3. The Balaban J connectivity index is 1.47. The molecule has 1 N–H and O–H groups in total. The molecule has 4 rings (SSSR count). The third-order valence-corrected chi connectivity index (χ3v) is 6.25. The summed E-state index contributed by atoms with van der Waals surface area (Å²) in [6.45, 7) is 1.93. The van der Waals surface area contributed by atoms with Crippen LogP contribution in [0.5, 0.6) is 0 Å². The number of piperidine rings is 1. The number of nitrogens with one attached hydrogen (secondary N) is 1. The number of esters is 1. The monoisotopic (exact) mass is 481 g/mol. The molecule has 1 aliphatic rings. The summed E-state index contributed by atoms with van der Waals surface area (Å²) in [7, 11) is 0. The molecule has 0 saturated carbocycles. The number of halogens is 1. The van der Waals surface area contributed by atoms with Crippen LogP contribution in [0.4, 0.5) is 5.69 Å². The number of carbonyl (C=O) groups is 3. The number of hydrogen-bond donors (Lipinski definition) is 1. The summed E-state index contributed by atoms with van der Waals surface area (Å²) in [5.74, 6) is -1.03. The minimum absolute atomic E-state index is 0.0286. The first-order valence-corrected chi connectivity index (χ1v) is 11.2. The quantitative estimate of drug-likeness (QED) is 0.542. The molecule has 2 heterocycles. The smallest absolute Gasteiger partial charge is 0.317 e. The molecule has 0 spiro atoms. The van der Waals surface area contributed by atoms with Crippen molar-refractivity contribution in [3.05, 3.63) is 71.8 Å². The van der Waals surface area contributed by atoms with E-state index < -0.39 is 23.9 Å². The van der Waals surface area contributed by atoms with E-state index in [9.17, 15) is 14.4 Å². The van der Waals surface area contributed by atoms with Crippen molar-refractivity contribution in [1.82, 2.24) is 19.7 Å². The van der Waals surface area contributed by atoms with Crippen molar-refractivity contribution in [2.24, 2.45) is 0 Å². The van der Waals surface area contributed by atoms with Crippen LogP contribution < -0.4 is 5.32 Å². The van der Waals surface area contributed by atoms with E-state index in [0.717, 1.165) is 5.56 Å². The molecule has 1 aromatic heterocycles. The Bertz CT molecular complexity index is 1180. The molecule has 9 nitrogen and oxygen atoms in total. The fourth-order valence-electron chi connectivity index (χ4n) is 4.17. The average Bonchev–Trinajstić information content (AvgIpc) is 3.38. The van der Waals surface area contributed by atoms with Crippen LogP contribution in [0.15, 0.2) is 61.2 Å². The molecular formula is C24H24ClN5O4. The van der Waals surface area contributed by atoms with Gasteiger partial charge in [0.05, 0.1) is 16.8 Å². The van der Waals surface area contributed by atoms with Crippen molar-refractivity contribution in [3.63, 3.8) is 0 Å². The van der Waals surface area contributed by atoms with E-state index in [4.69, 9.17) is 16.3 Å². The van der Waals surface area contributed by atoms with Gasteiger partial charge >= 0.3 is 5.97 Å². The Labute approximate surface area is 201 Å². The number of aromatic nitrogens is 3. The minimum atomic E-state index is -0.921. The molecule has 3 aromatic rings. The number of rotatable bonds is 6. The number of anilines is 1. The highest BCUT2D eigenvalue weighted by atomic mass is 35.5. The number of amides is 2. The van der Waals surface area contributed by atoms with Crippen molar-refractivity contribution in [2.45, 2.75) is 25.2 Å². The van der Waals surface area contributed by atoms with Gasteiger partial charge in [-0.2, -0.15) is 5.10 Å². The molecule has 0 aliphatic carbocycles. The predicted octanol–water partition coefficient (Wildman–Crippen LogP) is 2.98. The summed E-state index contributed by atoms with van der Waals surface area (Å²) in [6.07, 6.45) is 3.71. The second kappa shape index (κ2) is 10.0. The maximum absolute atomic E-state index is 13.3. The van der Waals surface area contributed by atoms with Gasteiger partial charge in [0.25, 0.3) is 5.91 Å². The molecule has 0 atom stereocenters. The molecule has 2 aromatic carbocycles. The molecular weight excluding hydrogens is 458 g/mol. The van der Waals surface area contributed by atoms with Crippen molar-refractivity contribution in [3.8, 4) is 5.69 Å². The SMILES string of the molecule is CC(=O)N1CCC(C(=O)OCC(=O)Nc2cc(Cl)ccc2-n2cncn2)(c2ccccc2)CC1. The van der Waals surface area contributed by atoms with Crippen molar-refractivity contribution in [2.75, 3.05) is 25.0 Å². The van der Waals surface area contributed by atoms with E-state index in [2.05, 4.69) is 15.4 Å². The van der Waals surface area contributed by atoms with Crippen LogP contribution in [0.25, 0.3) is 5.69 Å². The average molecular weight is 482 g/mol. The number of likely N-dealkylation sites (tertiary alicyclic amines) is 1. The molecule has 1 fully saturated rings. The standard InChI is InChI=1S/C24H24ClN5O4/c1-17(31)29-11-9-24(10-12-29,18-5-3-2-4-6-18)23(33)34-14-22(32)28-20-13-19(25)7-8-21(20)30-16-26-15-27-30/h2-8,13,15-16H,9-12,14H2,1H3,(H,28,32). The van der Waals surface area contributed by atoms with Crippen LogP contribution in [0.2, 0.25) is 5.02 Å². The third-order valence-electron chi connectivity index (χ3n) is 6.01. The number of nitrogens with zero attached hydrogens (tertiary/aromatic N) is 4. The molecule has 2 amide bonds. The summed E-state index contributed by atoms with van der Waals surface area (Å²) in [5.41, 5.74) is 0.868. The van der Waals surface area contributed by atoms with Gasteiger partial charge < -0.3 is 15.0 Å². The number of hydrogen-bond acceptors (Lipinski definition) is 6. The lowest BCUT2D eigenvalue weighted by molar-refractivity contribution is -0.156. The Hall–Kier alpha value is -3.72. The van der Waals surface area contributed by atoms with Gasteiger partial charge in [-0.1, -0.05) is 41.9 Å². The van der Waals surface area contributed by atoms with E-state index in [1.165, 1.54) is 24.3 Å². The van der Waals surface area contributed by atoms with Gasteiger partial charge in [-0.15, -0.1) is 0 Å². The highest BCUT2D eigenvalue weighted by Gasteiger charge is 2.44. The maximum Gasteiger partial charge on any atom is 0.317 e. The van der Waals surface area contributed by atoms with Gasteiger partial charge in [-0.05, 0) is 36.6 Å². The summed E-state index contributed by atoms with van der Waals surface area (Å²) in [4.78, 5) is 43.4. The third kappa shape index (κ3) is 4.94. The summed E-state index contributed by atoms with van der Waals surface area (Å²) >= 11 is 6.10. The Kier molecular flexibility index (Phi) is 6.93. The van der Waals surface area contributed by atoms with Gasteiger partial charge in [-0.3, -0.25) is 14.4 Å². The minimum Gasteiger partial charge on any atom is -0.455 e. The van der Waals surface area contributed by atoms with Crippen molar-refractivity contribution in [1.29, 1.82) is 0 Å². The second-order valence-electron chi connectivity index (χ2n) is 8.08. The van der Waals surface area contributed by atoms with Crippen LogP contribution >= 0.6 is 11.6 Å². The van der Waals surface area contributed by atoms with Crippen LogP contribution in [0.1, 0.15) is 25.3 Å². The van der Waals surface area contributed by atoms with Crippen LogP contribution in [-0.4, -0.2) is 57.1 Å². The Morgan fingerprint density at radius 3 is 2.50 bits per heavy atom. The molecule has 1 saturated heterocycles. The lowest BCUT2D eigenvalue weighted by Gasteiger charge is -2.40. The molecule has 1 aliphatic heterocycles. The largest absolute Gasteiger partial charge is 0.455 e. The Morgan fingerprint density at radius 2 is 1.85 bits per heavy atom. The first kappa shape index (κ1) is 23.4. The zero-order chi connectivity index (χ0) is 24.1. The number of carbonyl (C=O) groups excluding carboxylic acids is 3. The van der Waals surface area contributed by atoms with Crippen LogP contribution in [0, 0.1) is 0 Å². The van der Waals surface area contributed by atoms with E-state index in [-0.39, 0.29) is 5.91 Å². The highest BCUT2D eigenvalue weighted by molar-refractivity contribution is 6.31. The highest BCUT2D eigenvalue weighted by Crippen LogP contribution is 2.37. The first-order chi connectivity index (χ1) is 16.4. The van der Waals surface area contributed by atoms with Gasteiger partial charge in [0.1, 0.15) is 12.7 Å². The van der Waals surface area contributed by atoms with Crippen molar-refractivity contribution >= 4 is 35.1 Å². The normalized spacial score (nSPS) is 14.9. The predicted molar refractivity (Wildman–Crippen MR) is 126 cm³/mol. The van der Waals surface area contributed by atoms with Gasteiger partial charge in [0.15, 0.2) is 6.61 Å². The Morgan fingerprint density at radius 1 is 1.12 bits per heavy atom. The first-order valence-electron chi connectivity index (χ1n) is 10.8.